The molecule has 6 nitrogen and oxygen atoms in total. The molecule has 0 saturated carbocycles. The maximum absolute atomic E-state index is 12.6. The maximum atomic E-state index is 12.6. The van der Waals surface area contributed by atoms with E-state index in [1.165, 1.54) is 0 Å². The van der Waals surface area contributed by atoms with Crippen molar-refractivity contribution in [2.75, 3.05) is 19.7 Å². The zero-order chi connectivity index (χ0) is 18.7. The highest BCUT2D eigenvalue weighted by Gasteiger charge is 2.33. The van der Waals surface area contributed by atoms with Crippen LogP contribution in [0.5, 0.6) is 5.88 Å². The molecule has 0 aliphatic carbocycles. The molecule has 0 aromatic carbocycles. The Labute approximate surface area is 144 Å². The van der Waals surface area contributed by atoms with Crippen LogP contribution >= 0.6 is 0 Å². The highest BCUT2D eigenvalue weighted by molar-refractivity contribution is 5.68. The Balaban J connectivity index is 1.80. The summed E-state index contributed by atoms with van der Waals surface area (Å²) in [6.07, 6.45) is -2.66. The minimum Gasteiger partial charge on any atom is -0.477 e. The van der Waals surface area contributed by atoms with Crippen LogP contribution in [0.1, 0.15) is 39.3 Å². The molecule has 0 spiro atoms. The SMILES string of the molecule is CC(C)(C)OC(=O)N1CCC(COc2cc(C(F)(F)F)ncn2)CC1. The highest BCUT2D eigenvalue weighted by atomic mass is 19.4. The normalized spacial score (nSPS) is 16.6. The fourth-order valence-electron chi connectivity index (χ4n) is 2.39. The molecule has 0 N–H and O–H groups in total. The van der Waals surface area contributed by atoms with Gasteiger partial charge in [0.1, 0.15) is 11.9 Å². The van der Waals surface area contributed by atoms with Crippen LogP contribution < -0.4 is 4.74 Å². The van der Waals surface area contributed by atoms with Crippen LogP contribution in [0.2, 0.25) is 0 Å². The molecule has 1 fully saturated rings. The number of amides is 1. The largest absolute Gasteiger partial charge is 0.477 e. The van der Waals surface area contributed by atoms with Crippen molar-refractivity contribution >= 4 is 6.09 Å². The molecule has 140 valence electrons. The van der Waals surface area contributed by atoms with Crippen molar-refractivity contribution in [1.82, 2.24) is 14.9 Å². The third kappa shape index (κ3) is 6.06. The van der Waals surface area contributed by atoms with Gasteiger partial charge in [0, 0.05) is 19.2 Å². The predicted octanol–water partition coefficient (Wildman–Crippen LogP) is 3.52. The molecule has 0 radical (unpaired) electrons. The Morgan fingerprint density at radius 1 is 1.24 bits per heavy atom. The molecule has 1 saturated heterocycles. The number of alkyl halides is 3. The van der Waals surface area contributed by atoms with Crippen molar-refractivity contribution in [3.05, 3.63) is 18.1 Å². The van der Waals surface area contributed by atoms with Crippen LogP contribution in [0, 0.1) is 5.92 Å². The van der Waals surface area contributed by atoms with E-state index in [9.17, 15) is 18.0 Å². The summed E-state index contributed by atoms with van der Waals surface area (Å²) in [5.74, 6) is 0.0416. The summed E-state index contributed by atoms with van der Waals surface area (Å²) in [6, 6.07) is 0.788. The summed E-state index contributed by atoms with van der Waals surface area (Å²) < 4.78 is 48.5. The number of rotatable bonds is 3. The van der Waals surface area contributed by atoms with Gasteiger partial charge in [0.15, 0.2) is 5.69 Å². The van der Waals surface area contributed by atoms with Gasteiger partial charge in [0.2, 0.25) is 5.88 Å². The molecule has 1 aromatic heterocycles. The number of hydrogen-bond donors (Lipinski definition) is 0. The smallest absolute Gasteiger partial charge is 0.433 e. The topological polar surface area (TPSA) is 64.5 Å². The Morgan fingerprint density at radius 3 is 2.44 bits per heavy atom. The van der Waals surface area contributed by atoms with Crippen LogP contribution in [-0.4, -0.2) is 46.3 Å². The minimum atomic E-state index is -4.53. The van der Waals surface area contributed by atoms with Crippen molar-refractivity contribution < 1.29 is 27.4 Å². The van der Waals surface area contributed by atoms with Crippen molar-refractivity contribution in [3.8, 4) is 5.88 Å². The number of aromatic nitrogens is 2. The van der Waals surface area contributed by atoms with Gasteiger partial charge in [-0.2, -0.15) is 13.2 Å². The summed E-state index contributed by atoms with van der Waals surface area (Å²) >= 11 is 0. The monoisotopic (exact) mass is 361 g/mol. The molecule has 25 heavy (non-hydrogen) atoms. The molecule has 2 heterocycles. The zero-order valence-electron chi connectivity index (χ0n) is 14.5. The van der Waals surface area contributed by atoms with Gasteiger partial charge in [-0.25, -0.2) is 14.8 Å². The van der Waals surface area contributed by atoms with E-state index in [2.05, 4.69) is 9.97 Å². The summed E-state index contributed by atoms with van der Waals surface area (Å²) in [5, 5.41) is 0. The zero-order valence-corrected chi connectivity index (χ0v) is 14.5. The molecule has 0 bridgehead atoms. The Kier molecular flexibility index (Phi) is 5.74. The number of carbonyl (C=O) groups is 1. The average molecular weight is 361 g/mol. The molecule has 1 aliphatic rings. The molecule has 2 rings (SSSR count). The van der Waals surface area contributed by atoms with Crippen molar-refractivity contribution in [3.63, 3.8) is 0 Å². The van der Waals surface area contributed by atoms with Gasteiger partial charge in [-0.15, -0.1) is 0 Å². The average Bonchev–Trinajstić information content (AvgIpc) is 2.51. The van der Waals surface area contributed by atoms with E-state index >= 15 is 0 Å². The molecule has 1 amide bonds. The summed E-state index contributed by atoms with van der Waals surface area (Å²) in [7, 11) is 0. The molecule has 0 atom stereocenters. The van der Waals surface area contributed by atoms with E-state index in [-0.39, 0.29) is 24.5 Å². The van der Waals surface area contributed by atoms with E-state index in [1.54, 1.807) is 4.90 Å². The quantitative estimate of drug-likeness (QED) is 0.824. The lowest BCUT2D eigenvalue weighted by Crippen LogP contribution is -2.42. The second-order valence-electron chi connectivity index (χ2n) is 6.96. The lowest BCUT2D eigenvalue weighted by Gasteiger charge is -2.33. The third-order valence-electron chi connectivity index (χ3n) is 3.67. The minimum absolute atomic E-state index is 0.100. The van der Waals surface area contributed by atoms with E-state index in [1.807, 2.05) is 20.8 Å². The Hall–Kier alpha value is -2.06. The number of ether oxygens (including phenoxy) is 2. The van der Waals surface area contributed by atoms with Crippen molar-refractivity contribution in [2.45, 2.75) is 45.4 Å². The molecular formula is C16H22F3N3O3. The summed E-state index contributed by atoms with van der Waals surface area (Å²) in [4.78, 5) is 20.5. The van der Waals surface area contributed by atoms with E-state index in [0.29, 0.717) is 25.9 Å². The number of piperidine rings is 1. The first-order valence-electron chi connectivity index (χ1n) is 8.04. The van der Waals surface area contributed by atoms with E-state index < -0.39 is 17.5 Å². The van der Waals surface area contributed by atoms with Crippen LogP contribution in [0.3, 0.4) is 0 Å². The first kappa shape index (κ1) is 19.3. The molecule has 1 aromatic rings. The fraction of sp³-hybridized carbons (Fsp3) is 0.688. The summed E-state index contributed by atoms with van der Waals surface area (Å²) in [6.45, 7) is 6.73. The number of hydrogen-bond acceptors (Lipinski definition) is 5. The van der Waals surface area contributed by atoms with E-state index in [4.69, 9.17) is 9.47 Å². The third-order valence-corrected chi connectivity index (χ3v) is 3.67. The molecule has 0 unspecified atom stereocenters. The fourth-order valence-corrected chi connectivity index (χ4v) is 2.39. The number of nitrogens with zero attached hydrogens (tertiary/aromatic N) is 3. The lowest BCUT2D eigenvalue weighted by atomic mass is 9.98. The van der Waals surface area contributed by atoms with Gasteiger partial charge in [-0.1, -0.05) is 0 Å². The highest BCUT2D eigenvalue weighted by Crippen LogP contribution is 2.29. The first-order valence-corrected chi connectivity index (χ1v) is 8.04. The van der Waals surface area contributed by atoms with Gasteiger partial charge >= 0.3 is 12.3 Å². The van der Waals surface area contributed by atoms with Gasteiger partial charge < -0.3 is 14.4 Å². The predicted molar refractivity (Wildman–Crippen MR) is 83.1 cm³/mol. The number of carbonyl (C=O) groups excluding carboxylic acids is 1. The second-order valence-corrected chi connectivity index (χ2v) is 6.96. The Bertz CT molecular complexity index is 594. The van der Waals surface area contributed by atoms with Gasteiger partial charge in [0.25, 0.3) is 0 Å². The van der Waals surface area contributed by atoms with Crippen molar-refractivity contribution in [1.29, 1.82) is 0 Å². The second kappa shape index (κ2) is 7.45. The van der Waals surface area contributed by atoms with Crippen LogP contribution in [0.4, 0.5) is 18.0 Å². The maximum Gasteiger partial charge on any atom is 0.433 e. The van der Waals surface area contributed by atoms with Crippen LogP contribution in [0.25, 0.3) is 0 Å². The Morgan fingerprint density at radius 2 is 1.88 bits per heavy atom. The molecule has 1 aliphatic heterocycles. The number of likely N-dealkylation sites (tertiary alicyclic amines) is 1. The van der Waals surface area contributed by atoms with Crippen molar-refractivity contribution in [2.24, 2.45) is 5.92 Å². The lowest BCUT2D eigenvalue weighted by molar-refractivity contribution is -0.141. The number of halogens is 3. The van der Waals surface area contributed by atoms with Gasteiger partial charge in [0.05, 0.1) is 6.61 Å². The van der Waals surface area contributed by atoms with E-state index in [0.717, 1.165) is 12.4 Å². The van der Waals surface area contributed by atoms with Gasteiger partial charge in [-0.3, -0.25) is 0 Å². The van der Waals surface area contributed by atoms with Gasteiger partial charge in [-0.05, 0) is 39.5 Å². The summed E-state index contributed by atoms with van der Waals surface area (Å²) in [5.41, 5.74) is -1.57. The molecule has 9 heteroatoms. The van der Waals surface area contributed by atoms with Crippen LogP contribution in [0.15, 0.2) is 12.4 Å². The molecular weight excluding hydrogens is 339 g/mol. The van der Waals surface area contributed by atoms with Crippen LogP contribution in [-0.2, 0) is 10.9 Å². The standard InChI is InChI=1S/C16H22F3N3O3/c1-15(2,3)25-14(23)22-6-4-11(5-7-22)9-24-13-8-12(16(17,18)19)20-10-21-13/h8,10-11H,4-7,9H2,1-3H3. The first-order chi connectivity index (χ1) is 11.5.